The van der Waals surface area contributed by atoms with E-state index in [0.29, 0.717) is 6.54 Å². The summed E-state index contributed by atoms with van der Waals surface area (Å²) in [7, 11) is 0. The van der Waals surface area contributed by atoms with E-state index in [1.807, 2.05) is 18.2 Å². The van der Waals surface area contributed by atoms with Crippen LogP contribution in [-0.2, 0) is 11.8 Å². The fourth-order valence-electron chi connectivity index (χ4n) is 2.44. The van der Waals surface area contributed by atoms with Gasteiger partial charge in [0.25, 0.3) is 0 Å². The summed E-state index contributed by atoms with van der Waals surface area (Å²) < 4.78 is 6.17. The lowest BCUT2D eigenvalue weighted by atomic mass is 9.86. The standard InChI is InChI=1S/C19H25NO/c1-14-13-15(11-12-20)9-10-17(14)21-18-8-6-5-7-16(18)19(2,3)4/h5-10,13H,11-12,20H2,1-4H3. The molecule has 2 heteroatoms. The Bertz CT molecular complexity index is 611. The van der Waals surface area contributed by atoms with Crippen LogP contribution in [0.4, 0.5) is 0 Å². The number of rotatable bonds is 4. The second kappa shape index (κ2) is 6.31. The number of ether oxygens (including phenoxy) is 1. The highest BCUT2D eigenvalue weighted by Gasteiger charge is 2.19. The van der Waals surface area contributed by atoms with E-state index in [1.165, 1.54) is 11.1 Å². The van der Waals surface area contributed by atoms with Crippen LogP contribution in [0.5, 0.6) is 11.5 Å². The van der Waals surface area contributed by atoms with Gasteiger partial charge in [0.15, 0.2) is 0 Å². The normalized spacial score (nSPS) is 11.5. The fraction of sp³-hybridized carbons (Fsp3) is 0.368. The Morgan fingerprint density at radius 2 is 1.71 bits per heavy atom. The van der Waals surface area contributed by atoms with Crippen LogP contribution >= 0.6 is 0 Å². The Morgan fingerprint density at radius 1 is 1.00 bits per heavy atom. The molecule has 0 atom stereocenters. The highest BCUT2D eigenvalue weighted by molar-refractivity contribution is 5.44. The number of hydrogen-bond acceptors (Lipinski definition) is 2. The molecule has 112 valence electrons. The Morgan fingerprint density at radius 3 is 2.33 bits per heavy atom. The second-order valence-electron chi connectivity index (χ2n) is 6.49. The molecule has 0 amide bonds. The maximum absolute atomic E-state index is 6.17. The molecule has 0 spiro atoms. The number of nitrogens with two attached hydrogens (primary N) is 1. The fourth-order valence-corrected chi connectivity index (χ4v) is 2.44. The Kier molecular flexibility index (Phi) is 4.69. The van der Waals surface area contributed by atoms with E-state index in [-0.39, 0.29) is 5.41 Å². The summed E-state index contributed by atoms with van der Waals surface area (Å²) in [6.07, 6.45) is 0.902. The van der Waals surface area contributed by atoms with E-state index >= 15 is 0 Å². The number of benzene rings is 2. The largest absolute Gasteiger partial charge is 0.457 e. The van der Waals surface area contributed by atoms with Gasteiger partial charge in [-0.15, -0.1) is 0 Å². The van der Waals surface area contributed by atoms with E-state index in [9.17, 15) is 0 Å². The molecule has 0 saturated carbocycles. The van der Waals surface area contributed by atoms with Gasteiger partial charge in [-0.3, -0.25) is 0 Å². The van der Waals surface area contributed by atoms with E-state index in [4.69, 9.17) is 10.5 Å². The van der Waals surface area contributed by atoms with Crippen molar-refractivity contribution in [3.05, 3.63) is 59.2 Å². The van der Waals surface area contributed by atoms with Crippen LogP contribution in [0, 0.1) is 6.92 Å². The van der Waals surface area contributed by atoms with Crippen LogP contribution in [0.15, 0.2) is 42.5 Å². The summed E-state index contributed by atoms with van der Waals surface area (Å²) in [5.41, 5.74) is 9.29. The molecule has 2 rings (SSSR count). The first-order chi connectivity index (χ1) is 9.91. The number of hydrogen-bond donors (Lipinski definition) is 1. The minimum absolute atomic E-state index is 0.0595. The highest BCUT2D eigenvalue weighted by atomic mass is 16.5. The van der Waals surface area contributed by atoms with Crippen molar-refractivity contribution in [1.82, 2.24) is 0 Å². The average Bonchev–Trinajstić information content (AvgIpc) is 2.42. The molecule has 0 saturated heterocycles. The molecule has 2 aromatic carbocycles. The predicted octanol–water partition coefficient (Wildman–Crippen LogP) is 4.59. The zero-order valence-electron chi connectivity index (χ0n) is 13.4. The molecule has 2 nitrogen and oxygen atoms in total. The van der Waals surface area contributed by atoms with Crippen molar-refractivity contribution in [2.24, 2.45) is 5.73 Å². The van der Waals surface area contributed by atoms with Crippen molar-refractivity contribution in [3.8, 4) is 11.5 Å². The van der Waals surface area contributed by atoms with Crippen LogP contribution in [0.2, 0.25) is 0 Å². The molecule has 0 heterocycles. The third-order valence-electron chi connectivity index (χ3n) is 3.59. The zero-order chi connectivity index (χ0) is 15.5. The SMILES string of the molecule is Cc1cc(CCN)ccc1Oc1ccccc1C(C)(C)C. The second-order valence-corrected chi connectivity index (χ2v) is 6.49. The van der Waals surface area contributed by atoms with Gasteiger partial charge in [-0.2, -0.15) is 0 Å². The third kappa shape index (κ3) is 3.85. The molecule has 0 aromatic heterocycles. The van der Waals surface area contributed by atoms with Gasteiger partial charge >= 0.3 is 0 Å². The summed E-state index contributed by atoms with van der Waals surface area (Å²) in [5.74, 6) is 1.84. The molecule has 0 radical (unpaired) electrons. The molecule has 0 aliphatic carbocycles. The summed E-state index contributed by atoms with van der Waals surface area (Å²) >= 11 is 0. The van der Waals surface area contributed by atoms with Crippen LogP contribution < -0.4 is 10.5 Å². The topological polar surface area (TPSA) is 35.2 Å². The van der Waals surface area contributed by atoms with Crippen molar-refractivity contribution >= 4 is 0 Å². The Hall–Kier alpha value is -1.80. The van der Waals surface area contributed by atoms with Crippen molar-refractivity contribution in [2.45, 2.75) is 39.5 Å². The quantitative estimate of drug-likeness (QED) is 0.891. The predicted molar refractivity (Wildman–Crippen MR) is 89.2 cm³/mol. The molecule has 0 aliphatic rings. The van der Waals surface area contributed by atoms with E-state index in [2.05, 4.69) is 52.0 Å². The van der Waals surface area contributed by atoms with E-state index in [0.717, 1.165) is 23.5 Å². The van der Waals surface area contributed by atoms with Crippen LogP contribution in [0.25, 0.3) is 0 Å². The molecule has 2 aromatic rings. The van der Waals surface area contributed by atoms with Gasteiger partial charge in [-0.1, -0.05) is 51.1 Å². The van der Waals surface area contributed by atoms with Gasteiger partial charge in [0.1, 0.15) is 11.5 Å². The van der Waals surface area contributed by atoms with E-state index < -0.39 is 0 Å². The lowest BCUT2D eigenvalue weighted by Crippen LogP contribution is -2.12. The van der Waals surface area contributed by atoms with Crippen molar-refractivity contribution in [3.63, 3.8) is 0 Å². The maximum Gasteiger partial charge on any atom is 0.131 e. The summed E-state index contributed by atoms with van der Waals surface area (Å²) in [4.78, 5) is 0. The van der Waals surface area contributed by atoms with Crippen molar-refractivity contribution in [2.75, 3.05) is 6.54 Å². The summed E-state index contributed by atoms with van der Waals surface area (Å²) in [5, 5.41) is 0. The van der Waals surface area contributed by atoms with Gasteiger partial charge in [0.2, 0.25) is 0 Å². The van der Waals surface area contributed by atoms with Crippen molar-refractivity contribution in [1.29, 1.82) is 0 Å². The molecule has 21 heavy (non-hydrogen) atoms. The Balaban J connectivity index is 2.31. The zero-order valence-corrected chi connectivity index (χ0v) is 13.4. The first kappa shape index (κ1) is 15.6. The van der Waals surface area contributed by atoms with Crippen LogP contribution in [0.3, 0.4) is 0 Å². The van der Waals surface area contributed by atoms with Crippen LogP contribution in [0.1, 0.15) is 37.5 Å². The lowest BCUT2D eigenvalue weighted by molar-refractivity contribution is 0.452. The average molecular weight is 283 g/mol. The molecular weight excluding hydrogens is 258 g/mol. The van der Waals surface area contributed by atoms with Gasteiger partial charge in [-0.25, -0.2) is 0 Å². The van der Waals surface area contributed by atoms with E-state index in [1.54, 1.807) is 0 Å². The summed E-state index contributed by atoms with van der Waals surface area (Å²) in [6, 6.07) is 14.5. The molecule has 0 fully saturated rings. The van der Waals surface area contributed by atoms with Crippen molar-refractivity contribution < 1.29 is 4.74 Å². The molecule has 2 N–H and O–H groups in total. The summed E-state index contributed by atoms with van der Waals surface area (Å²) in [6.45, 7) is 9.35. The third-order valence-corrected chi connectivity index (χ3v) is 3.59. The molecule has 0 unspecified atom stereocenters. The van der Waals surface area contributed by atoms with Gasteiger partial charge in [0, 0.05) is 5.56 Å². The van der Waals surface area contributed by atoms with Gasteiger partial charge in [0.05, 0.1) is 0 Å². The molecule has 0 bridgehead atoms. The minimum atomic E-state index is 0.0595. The Labute approximate surface area is 127 Å². The smallest absolute Gasteiger partial charge is 0.131 e. The molecule has 0 aliphatic heterocycles. The lowest BCUT2D eigenvalue weighted by Gasteiger charge is -2.23. The first-order valence-corrected chi connectivity index (χ1v) is 7.49. The first-order valence-electron chi connectivity index (χ1n) is 7.49. The monoisotopic (exact) mass is 283 g/mol. The maximum atomic E-state index is 6.17. The highest BCUT2D eigenvalue weighted by Crippen LogP contribution is 2.35. The number of para-hydroxylation sites is 1. The van der Waals surface area contributed by atoms with Gasteiger partial charge in [-0.05, 0) is 48.6 Å². The molecular formula is C19H25NO. The minimum Gasteiger partial charge on any atom is -0.457 e. The van der Waals surface area contributed by atoms with Gasteiger partial charge < -0.3 is 10.5 Å². The van der Waals surface area contributed by atoms with Crippen LogP contribution in [-0.4, -0.2) is 6.54 Å². The number of aryl methyl sites for hydroxylation is 1.